The summed E-state index contributed by atoms with van der Waals surface area (Å²) in [6, 6.07) is 8.69. The highest BCUT2D eigenvalue weighted by atomic mass is 19.1. The van der Waals surface area contributed by atoms with Gasteiger partial charge in [-0.1, -0.05) is 24.6 Å². The van der Waals surface area contributed by atoms with Crippen molar-refractivity contribution < 1.29 is 13.9 Å². The first-order chi connectivity index (χ1) is 12.2. The Balaban J connectivity index is 1.54. The second kappa shape index (κ2) is 6.79. The molecular formula is C20H25FN2O2. The minimum atomic E-state index is -0.453. The van der Waals surface area contributed by atoms with Crippen LogP contribution < -0.4 is 0 Å². The highest BCUT2D eigenvalue weighted by Crippen LogP contribution is 2.34. The molecule has 0 aliphatic carbocycles. The van der Waals surface area contributed by atoms with Gasteiger partial charge < -0.3 is 14.2 Å². The third-order valence-corrected chi connectivity index (χ3v) is 5.90. The minimum Gasteiger partial charge on any atom is -0.459 e. The molecule has 4 rings (SSSR count). The average molecular weight is 344 g/mol. The lowest BCUT2D eigenvalue weighted by Crippen LogP contribution is -2.52. The number of hydrogen-bond acceptors (Lipinski definition) is 3. The van der Waals surface area contributed by atoms with E-state index in [4.69, 9.17) is 4.74 Å². The number of alkyl halides is 1. The summed E-state index contributed by atoms with van der Waals surface area (Å²) in [5.74, 6) is -0.276. The van der Waals surface area contributed by atoms with E-state index >= 15 is 0 Å². The van der Waals surface area contributed by atoms with E-state index < -0.39 is 6.67 Å². The number of aryl methyl sites for hydroxylation is 1. The smallest absolute Gasteiger partial charge is 0.340 e. The molecule has 0 saturated carbocycles. The lowest BCUT2D eigenvalue weighted by Gasteiger charge is -2.46. The van der Waals surface area contributed by atoms with E-state index in [2.05, 4.69) is 11.9 Å². The van der Waals surface area contributed by atoms with Gasteiger partial charge in [0.15, 0.2) is 0 Å². The quantitative estimate of drug-likeness (QED) is 0.792. The highest BCUT2D eigenvalue weighted by Gasteiger charge is 2.37. The van der Waals surface area contributed by atoms with Crippen molar-refractivity contribution >= 4 is 16.9 Å². The monoisotopic (exact) mass is 344 g/mol. The van der Waals surface area contributed by atoms with Crippen molar-refractivity contribution in [1.29, 1.82) is 0 Å². The van der Waals surface area contributed by atoms with E-state index in [9.17, 15) is 9.18 Å². The molecule has 2 aliphatic heterocycles. The molecule has 5 heteroatoms. The zero-order valence-electron chi connectivity index (χ0n) is 14.7. The first-order valence-electron chi connectivity index (χ1n) is 9.24. The molecule has 1 aromatic carbocycles. The maximum absolute atomic E-state index is 12.8. The Morgan fingerprint density at radius 1 is 1.24 bits per heavy atom. The Labute approximate surface area is 147 Å². The zero-order chi connectivity index (χ0) is 17.4. The molecule has 25 heavy (non-hydrogen) atoms. The molecule has 3 heterocycles. The SMILES string of the molecule is CN1[C@@H]2CCC[C@H]1C[C@H](OC(=O)c1cn(CCF)c3ccccc13)C2. The number of para-hydroxylation sites is 1. The summed E-state index contributed by atoms with van der Waals surface area (Å²) in [5, 5.41) is 0.842. The van der Waals surface area contributed by atoms with E-state index in [1.54, 1.807) is 10.8 Å². The number of halogens is 1. The molecule has 0 N–H and O–H groups in total. The second-order valence-electron chi connectivity index (χ2n) is 7.35. The predicted octanol–water partition coefficient (Wildman–Crippen LogP) is 3.78. The highest BCUT2D eigenvalue weighted by molar-refractivity contribution is 6.04. The van der Waals surface area contributed by atoms with Crippen molar-refractivity contribution in [1.82, 2.24) is 9.47 Å². The first-order valence-corrected chi connectivity index (χ1v) is 9.24. The maximum Gasteiger partial charge on any atom is 0.340 e. The molecule has 2 fully saturated rings. The number of rotatable bonds is 4. The fourth-order valence-corrected chi connectivity index (χ4v) is 4.56. The van der Waals surface area contributed by atoms with Gasteiger partial charge in [0.05, 0.1) is 12.1 Å². The standard InChI is InChI=1S/C20H25FN2O2/c1-22-14-5-4-6-15(22)12-16(11-14)25-20(24)18-13-23(10-9-21)19-8-3-2-7-17(18)19/h2-3,7-8,13-16H,4-6,9-12H2,1H3/t14-,15+,16-. The van der Waals surface area contributed by atoms with Gasteiger partial charge in [-0.25, -0.2) is 9.18 Å². The van der Waals surface area contributed by atoms with E-state index in [-0.39, 0.29) is 18.6 Å². The van der Waals surface area contributed by atoms with E-state index in [1.165, 1.54) is 19.3 Å². The van der Waals surface area contributed by atoms with Crippen LogP contribution in [-0.4, -0.2) is 47.3 Å². The summed E-state index contributed by atoms with van der Waals surface area (Å²) in [4.78, 5) is 15.3. The van der Waals surface area contributed by atoms with Gasteiger partial charge >= 0.3 is 5.97 Å². The number of ether oxygens (including phenoxy) is 1. The Kier molecular flexibility index (Phi) is 4.50. The van der Waals surface area contributed by atoms with Crippen LogP contribution >= 0.6 is 0 Å². The van der Waals surface area contributed by atoms with Gasteiger partial charge in [-0.15, -0.1) is 0 Å². The zero-order valence-corrected chi connectivity index (χ0v) is 14.7. The first kappa shape index (κ1) is 16.6. The number of esters is 1. The third-order valence-electron chi connectivity index (χ3n) is 5.90. The number of piperidine rings is 2. The Morgan fingerprint density at radius 3 is 2.68 bits per heavy atom. The molecule has 2 saturated heterocycles. The molecule has 0 amide bonds. The number of nitrogens with zero attached hydrogens (tertiary/aromatic N) is 2. The van der Waals surface area contributed by atoms with Crippen LogP contribution in [0, 0.1) is 0 Å². The third kappa shape index (κ3) is 3.06. The van der Waals surface area contributed by atoms with Crippen LogP contribution in [0.5, 0.6) is 0 Å². The molecule has 0 spiro atoms. The van der Waals surface area contributed by atoms with Crippen molar-refractivity contribution in [2.75, 3.05) is 13.7 Å². The molecule has 2 aliphatic rings. The molecule has 1 aromatic heterocycles. The van der Waals surface area contributed by atoms with Gasteiger partial charge in [0, 0.05) is 42.0 Å². The molecule has 134 valence electrons. The molecule has 3 atom stereocenters. The maximum atomic E-state index is 12.8. The number of fused-ring (bicyclic) bond motifs is 3. The van der Waals surface area contributed by atoms with Crippen molar-refractivity contribution in [2.45, 2.75) is 56.8 Å². The van der Waals surface area contributed by atoms with Crippen LogP contribution in [-0.2, 0) is 11.3 Å². The van der Waals surface area contributed by atoms with Crippen molar-refractivity contribution in [2.24, 2.45) is 0 Å². The van der Waals surface area contributed by atoms with E-state index in [0.717, 1.165) is 23.7 Å². The van der Waals surface area contributed by atoms with Crippen LogP contribution in [0.4, 0.5) is 4.39 Å². The molecular weight excluding hydrogens is 319 g/mol. The number of benzene rings is 1. The number of hydrogen-bond donors (Lipinski definition) is 0. The summed E-state index contributed by atoms with van der Waals surface area (Å²) in [6.45, 7) is -0.197. The number of aromatic nitrogens is 1. The Morgan fingerprint density at radius 2 is 1.96 bits per heavy atom. The Bertz CT molecular complexity index is 758. The molecule has 4 nitrogen and oxygen atoms in total. The van der Waals surface area contributed by atoms with Crippen molar-refractivity contribution in [3.63, 3.8) is 0 Å². The molecule has 2 aromatic rings. The predicted molar refractivity (Wildman–Crippen MR) is 95.5 cm³/mol. The largest absolute Gasteiger partial charge is 0.459 e. The summed E-state index contributed by atoms with van der Waals surface area (Å²) in [6.07, 6.45) is 7.22. The number of carbonyl (C=O) groups is 1. The van der Waals surface area contributed by atoms with Gasteiger partial charge in [-0.2, -0.15) is 0 Å². The van der Waals surface area contributed by atoms with Crippen molar-refractivity contribution in [3.8, 4) is 0 Å². The normalized spacial score (nSPS) is 26.7. The van der Waals surface area contributed by atoms with E-state index in [1.807, 2.05) is 24.3 Å². The van der Waals surface area contributed by atoms with Crippen molar-refractivity contribution in [3.05, 3.63) is 36.0 Å². The molecule has 0 unspecified atom stereocenters. The van der Waals surface area contributed by atoms with E-state index in [0.29, 0.717) is 17.6 Å². The average Bonchev–Trinajstić information content (AvgIpc) is 2.95. The van der Waals surface area contributed by atoms with Gasteiger partial charge in [0.1, 0.15) is 12.8 Å². The second-order valence-corrected chi connectivity index (χ2v) is 7.35. The van der Waals surface area contributed by atoms with Crippen LogP contribution in [0.1, 0.15) is 42.5 Å². The lowest BCUT2D eigenvalue weighted by molar-refractivity contribution is -0.0317. The van der Waals surface area contributed by atoms with Gasteiger partial charge in [-0.05, 0) is 26.0 Å². The molecule has 0 radical (unpaired) electrons. The number of carbonyl (C=O) groups excluding carboxylic acids is 1. The fraction of sp³-hybridized carbons (Fsp3) is 0.550. The van der Waals surface area contributed by atoms with Gasteiger partial charge in [0.25, 0.3) is 0 Å². The van der Waals surface area contributed by atoms with Gasteiger partial charge in [-0.3, -0.25) is 0 Å². The molecule has 2 bridgehead atoms. The van der Waals surface area contributed by atoms with Crippen LogP contribution in [0.15, 0.2) is 30.5 Å². The Hall–Kier alpha value is -1.88. The van der Waals surface area contributed by atoms with Crippen LogP contribution in [0.25, 0.3) is 10.9 Å². The minimum absolute atomic E-state index is 0.0118. The summed E-state index contributed by atoms with van der Waals surface area (Å²) >= 11 is 0. The summed E-state index contributed by atoms with van der Waals surface area (Å²) in [5.41, 5.74) is 1.43. The van der Waals surface area contributed by atoms with Gasteiger partial charge in [0.2, 0.25) is 0 Å². The summed E-state index contributed by atoms with van der Waals surface area (Å²) in [7, 11) is 2.19. The fourth-order valence-electron chi connectivity index (χ4n) is 4.56. The topological polar surface area (TPSA) is 34.5 Å². The van der Waals surface area contributed by atoms with Crippen LogP contribution in [0.2, 0.25) is 0 Å². The summed E-state index contributed by atoms with van der Waals surface area (Å²) < 4.78 is 20.5. The lowest BCUT2D eigenvalue weighted by atomic mass is 9.83. The van der Waals surface area contributed by atoms with Crippen LogP contribution in [0.3, 0.4) is 0 Å².